The molecule has 1 heterocycles. The van der Waals surface area contributed by atoms with Gasteiger partial charge in [-0.3, -0.25) is 9.36 Å². The van der Waals surface area contributed by atoms with E-state index in [0.717, 1.165) is 11.1 Å². The van der Waals surface area contributed by atoms with Gasteiger partial charge in [0.2, 0.25) is 0 Å². The Balaban J connectivity index is 1.84. The first-order valence-corrected chi connectivity index (χ1v) is 8.25. The van der Waals surface area contributed by atoms with E-state index >= 15 is 0 Å². The van der Waals surface area contributed by atoms with E-state index in [1.807, 2.05) is 30.3 Å². The third-order valence-corrected chi connectivity index (χ3v) is 4.32. The summed E-state index contributed by atoms with van der Waals surface area (Å²) < 4.78 is 1.50. The highest BCUT2D eigenvalue weighted by molar-refractivity contribution is 5.97. The minimum Gasteiger partial charge on any atom is -0.396 e. The molecule has 6 heteroatoms. The van der Waals surface area contributed by atoms with E-state index in [1.54, 1.807) is 25.2 Å². The maximum absolute atomic E-state index is 12.7. The number of aromatic amines is 1. The van der Waals surface area contributed by atoms with E-state index in [4.69, 9.17) is 5.11 Å². The van der Waals surface area contributed by atoms with Crippen LogP contribution in [0.15, 0.2) is 53.3 Å². The summed E-state index contributed by atoms with van der Waals surface area (Å²) in [7, 11) is 1.68. The number of aryl methyl sites for hydroxylation is 1. The van der Waals surface area contributed by atoms with Crippen molar-refractivity contribution in [2.24, 2.45) is 7.05 Å². The molecule has 1 amide bonds. The summed E-state index contributed by atoms with van der Waals surface area (Å²) in [5.41, 5.74) is 2.66. The largest absolute Gasteiger partial charge is 0.396 e. The van der Waals surface area contributed by atoms with E-state index in [1.165, 1.54) is 4.57 Å². The lowest BCUT2D eigenvalue weighted by molar-refractivity contribution is 0.0932. The molecule has 1 unspecified atom stereocenters. The maximum atomic E-state index is 12.7. The zero-order valence-corrected chi connectivity index (χ0v) is 14.0. The molecule has 1 aromatic heterocycles. The number of imidazole rings is 1. The van der Waals surface area contributed by atoms with Crippen molar-refractivity contribution in [2.75, 3.05) is 6.61 Å². The van der Waals surface area contributed by atoms with Crippen molar-refractivity contribution in [2.45, 2.75) is 18.9 Å². The minimum atomic E-state index is -0.210. The molecular formula is C19H21N3O3. The molecular weight excluding hydrogens is 318 g/mol. The normalized spacial score (nSPS) is 12.2. The number of carbonyl (C=O) groups excluding carboxylic acids is 1. The van der Waals surface area contributed by atoms with Gasteiger partial charge in [0.05, 0.1) is 17.1 Å². The van der Waals surface area contributed by atoms with E-state index in [2.05, 4.69) is 10.3 Å². The Hall–Kier alpha value is -2.86. The molecule has 3 aromatic rings. The predicted octanol–water partition coefficient (Wildman–Crippen LogP) is 2.11. The molecule has 0 aliphatic heterocycles. The molecule has 3 N–H and O–H groups in total. The van der Waals surface area contributed by atoms with Crippen LogP contribution in [0.5, 0.6) is 0 Å². The monoisotopic (exact) mass is 339 g/mol. The van der Waals surface area contributed by atoms with Crippen LogP contribution in [0.25, 0.3) is 11.0 Å². The quantitative estimate of drug-likeness (QED) is 0.643. The molecule has 130 valence electrons. The number of benzene rings is 2. The standard InChI is InChI=1S/C19H21N3O3/c1-22-17-10-9-14(12-16(17)21-19(22)25)18(24)20-15(8-5-11-23)13-6-3-2-4-7-13/h2-4,6-7,9-10,12,15,23H,5,8,11H2,1H3,(H,20,24)(H,21,25). The second-order valence-electron chi connectivity index (χ2n) is 6.02. The van der Waals surface area contributed by atoms with Gasteiger partial charge in [0.1, 0.15) is 0 Å². The lowest BCUT2D eigenvalue weighted by Gasteiger charge is -2.19. The van der Waals surface area contributed by atoms with Crippen LogP contribution < -0.4 is 11.0 Å². The molecule has 0 saturated carbocycles. The number of nitrogens with one attached hydrogen (secondary N) is 2. The number of nitrogens with zero attached hydrogens (tertiary/aromatic N) is 1. The summed E-state index contributed by atoms with van der Waals surface area (Å²) in [4.78, 5) is 27.1. The first kappa shape index (κ1) is 17.0. The third-order valence-electron chi connectivity index (χ3n) is 4.32. The fourth-order valence-electron chi connectivity index (χ4n) is 2.92. The van der Waals surface area contributed by atoms with Crippen molar-refractivity contribution in [1.29, 1.82) is 0 Å². The van der Waals surface area contributed by atoms with Crippen LogP contribution >= 0.6 is 0 Å². The predicted molar refractivity (Wildman–Crippen MR) is 96.5 cm³/mol. The van der Waals surface area contributed by atoms with Crippen LogP contribution in [-0.4, -0.2) is 27.2 Å². The van der Waals surface area contributed by atoms with E-state index < -0.39 is 0 Å². The van der Waals surface area contributed by atoms with Crippen LogP contribution in [0.2, 0.25) is 0 Å². The van der Waals surface area contributed by atoms with Gasteiger partial charge in [0.25, 0.3) is 5.91 Å². The number of aliphatic hydroxyl groups excluding tert-OH is 1. The van der Waals surface area contributed by atoms with Crippen molar-refractivity contribution >= 4 is 16.9 Å². The topological polar surface area (TPSA) is 87.1 Å². The Kier molecular flexibility index (Phi) is 5.00. The van der Waals surface area contributed by atoms with Crippen LogP contribution in [0, 0.1) is 0 Å². The van der Waals surface area contributed by atoms with Gasteiger partial charge >= 0.3 is 5.69 Å². The Bertz CT molecular complexity index is 928. The molecule has 1 atom stereocenters. The number of rotatable bonds is 6. The molecule has 0 aliphatic rings. The van der Waals surface area contributed by atoms with Gasteiger partial charge in [-0.1, -0.05) is 30.3 Å². The number of H-pyrrole nitrogens is 1. The van der Waals surface area contributed by atoms with Gasteiger partial charge in [0, 0.05) is 19.2 Å². The molecule has 0 radical (unpaired) electrons. The zero-order valence-electron chi connectivity index (χ0n) is 14.0. The summed E-state index contributed by atoms with van der Waals surface area (Å²) >= 11 is 0. The first-order chi connectivity index (χ1) is 12.1. The van der Waals surface area contributed by atoms with E-state index in [-0.39, 0.29) is 24.2 Å². The lowest BCUT2D eigenvalue weighted by Crippen LogP contribution is -2.28. The summed E-state index contributed by atoms with van der Waals surface area (Å²) in [5, 5.41) is 12.1. The SMILES string of the molecule is Cn1c(=O)[nH]c2cc(C(=O)NC(CCCO)c3ccccc3)ccc21. The number of amides is 1. The Morgan fingerprint density at radius 2 is 2.00 bits per heavy atom. The lowest BCUT2D eigenvalue weighted by atomic mass is 10.0. The summed E-state index contributed by atoms with van der Waals surface area (Å²) in [6.45, 7) is 0.0798. The van der Waals surface area contributed by atoms with Gasteiger partial charge in [-0.25, -0.2) is 4.79 Å². The number of fused-ring (bicyclic) bond motifs is 1. The average Bonchev–Trinajstić information content (AvgIpc) is 2.92. The average molecular weight is 339 g/mol. The highest BCUT2D eigenvalue weighted by atomic mass is 16.3. The molecule has 0 aliphatic carbocycles. The second-order valence-corrected chi connectivity index (χ2v) is 6.02. The number of carbonyl (C=O) groups is 1. The fourth-order valence-corrected chi connectivity index (χ4v) is 2.92. The molecule has 0 saturated heterocycles. The van der Waals surface area contributed by atoms with Crippen LogP contribution in [0.3, 0.4) is 0 Å². The summed E-state index contributed by atoms with van der Waals surface area (Å²) in [6.07, 6.45) is 1.25. The van der Waals surface area contributed by atoms with Gasteiger partial charge in [0.15, 0.2) is 0 Å². The van der Waals surface area contributed by atoms with Crippen molar-refractivity contribution in [1.82, 2.24) is 14.9 Å². The molecule has 0 spiro atoms. The highest BCUT2D eigenvalue weighted by Gasteiger charge is 2.16. The molecule has 25 heavy (non-hydrogen) atoms. The van der Waals surface area contributed by atoms with Crippen LogP contribution in [0.4, 0.5) is 0 Å². The first-order valence-electron chi connectivity index (χ1n) is 8.25. The number of hydrogen-bond donors (Lipinski definition) is 3. The van der Waals surface area contributed by atoms with Gasteiger partial charge in [-0.2, -0.15) is 0 Å². The Labute approximate surface area is 145 Å². The maximum Gasteiger partial charge on any atom is 0.326 e. The smallest absolute Gasteiger partial charge is 0.326 e. The van der Waals surface area contributed by atoms with Crippen molar-refractivity contribution < 1.29 is 9.90 Å². The molecule has 2 aromatic carbocycles. The van der Waals surface area contributed by atoms with Crippen molar-refractivity contribution in [3.63, 3.8) is 0 Å². The Morgan fingerprint density at radius 1 is 1.24 bits per heavy atom. The van der Waals surface area contributed by atoms with E-state index in [0.29, 0.717) is 23.9 Å². The number of aromatic nitrogens is 2. The third kappa shape index (κ3) is 3.64. The van der Waals surface area contributed by atoms with Gasteiger partial charge < -0.3 is 15.4 Å². The Morgan fingerprint density at radius 3 is 2.72 bits per heavy atom. The number of hydrogen-bond acceptors (Lipinski definition) is 3. The van der Waals surface area contributed by atoms with Crippen molar-refractivity contribution in [3.8, 4) is 0 Å². The van der Waals surface area contributed by atoms with E-state index in [9.17, 15) is 9.59 Å². The molecule has 0 bridgehead atoms. The number of aliphatic hydroxyl groups is 1. The highest BCUT2D eigenvalue weighted by Crippen LogP contribution is 2.20. The van der Waals surface area contributed by atoms with Crippen LogP contribution in [0.1, 0.15) is 34.8 Å². The summed E-state index contributed by atoms with van der Waals surface area (Å²) in [5.74, 6) is -0.210. The molecule has 6 nitrogen and oxygen atoms in total. The molecule has 3 rings (SSSR count). The van der Waals surface area contributed by atoms with Crippen molar-refractivity contribution in [3.05, 3.63) is 70.1 Å². The molecule has 0 fully saturated rings. The second kappa shape index (κ2) is 7.36. The zero-order chi connectivity index (χ0) is 17.8. The summed E-state index contributed by atoms with van der Waals surface area (Å²) in [6, 6.07) is 14.7. The fraction of sp³-hybridized carbons (Fsp3) is 0.263. The van der Waals surface area contributed by atoms with Gasteiger partial charge in [-0.15, -0.1) is 0 Å². The van der Waals surface area contributed by atoms with Crippen LogP contribution in [-0.2, 0) is 7.05 Å². The van der Waals surface area contributed by atoms with Gasteiger partial charge in [-0.05, 0) is 36.6 Å². The minimum absolute atomic E-state index is 0.0798.